The molecule has 0 aromatic carbocycles. The number of nitrogens with one attached hydrogen (secondary N) is 1. The van der Waals surface area contributed by atoms with E-state index in [0.717, 1.165) is 0 Å². The molecule has 2 rings (SSSR count). The molecule has 6 heteroatoms. The number of H-pyrrole nitrogens is 1. The Hall–Kier alpha value is -1.17. The van der Waals surface area contributed by atoms with E-state index in [-0.39, 0.29) is 5.69 Å². The van der Waals surface area contributed by atoms with Gasteiger partial charge in [0.2, 0.25) is 0 Å². The molecule has 0 spiro atoms. The molecule has 0 aliphatic rings. The van der Waals surface area contributed by atoms with E-state index < -0.39 is 0 Å². The smallest absolute Gasteiger partial charge is 0.302 e. The van der Waals surface area contributed by atoms with E-state index in [2.05, 4.69) is 30.9 Å². The van der Waals surface area contributed by atoms with Crippen LogP contribution >= 0.6 is 15.9 Å². The maximum atomic E-state index is 11.1. The Kier molecular flexibility index (Phi) is 1.50. The average molecular weight is 229 g/mol. The molecule has 0 amide bonds. The highest BCUT2D eigenvalue weighted by Crippen LogP contribution is 2.14. The first-order valence-electron chi connectivity index (χ1n) is 3.25. The molecule has 2 aromatic heterocycles. The van der Waals surface area contributed by atoms with Gasteiger partial charge in [-0.05, 0) is 15.9 Å². The van der Waals surface area contributed by atoms with E-state index >= 15 is 0 Å². The Morgan fingerprint density at radius 1 is 1.58 bits per heavy atom. The summed E-state index contributed by atoms with van der Waals surface area (Å²) in [5, 5.41) is 0. The topological polar surface area (TPSA) is 63.6 Å². The highest BCUT2D eigenvalue weighted by Gasteiger charge is 2.06. The fraction of sp³-hybridized carbons (Fsp3) is 0.167. The summed E-state index contributed by atoms with van der Waals surface area (Å²) in [7, 11) is 1.65. The summed E-state index contributed by atoms with van der Waals surface area (Å²) in [6.07, 6.45) is 1.40. The molecule has 1 N–H and O–H groups in total. The van der Waals surface area contributed by atoms with Gasteiger partial charge in [0.15, 0.2) is 5.65 Å². The second-order valence-electron chi connectivity index (χ2n) is 2.35. The summed E-state index contributed by atoms with van der Waals surface area (Å²) < 4.78 is 2.03. The summed E-state index contributed by atoms with van der Waals surface area (Å²) in [6.45, 7) is 0. The molecule has 0 radical (unpaired) electrons. The molecule has 2 aromatic rings. The molecule has 0 saturated carbocycles. The van der Waals surface area contributed by atoms with Crippen LogP contribution < -0.4 is 5.69 Å². The summed E-state index contributed by atoms with van der Waals surface area (Å²) >= 11 is 3.21. The number of halogens is 1. The Morgan fingerprint density at radius 2 is 2.33 bits per heavy atom. The van der Waals surface area contributed by atoms with E-state index in [9.17, 15) is 4.79 Å². The highest BCUT2D eigenvalue weighted by molar-refractivity contribution is 9.10. The van der Waals surface area contributed by atoms with Gasteiger partial charge in [-0.2, -0.15) is 0 Å². The van der Waals surface area contributed by atoms with Crippen molar-refractivity contribution < 1.29 is 0 Å². The van der Waals surface area contributed by atoms with Crippen molar-refractivity contribution in [2.45, 2.75) is 0 Å². The van der Waals surface area contributed by atoms with Crippen molar-refractivity contribution in [1.82, 2.24) is 19.5 Å². The van der Waals surface area contributed by atoms with Crippen LogP contribution in [-0.2, 0) is 7.05 Å². The zero-order valence-corrected chi connectivity index (χ0v) is 7.79. The summed E-state index contributed by atoms with van der Waals surface area (Å²) in [4.78, 5) is 21.6. The molecule has 62 valence electrons. The Bertz CT molecular complexity index is 486. The SMILES string of the molecule is Cn1c(=O)[nH]c2c(Br)ncnc21. The lowest BCUT2D eigenvalue weighted by Crippen LogP contribution is -2.12. The maximum Gasteiger partial charge on any atom is 0.327 e. The number of fused-ring (bicyclic) bond motifs is 1. The quantitative estimate of drug-likeness (QED) is 0.666. The Balaban J connectivity index is 3.05. The summed E-state index contributed by atoms with van der Waals surface area (Å²) in [5.41, 5.74) is 1.04. The van der Waals surface area contributed by atoms with E-state index in [4.69, 9.17) is 0 Å². The first kappa shape index (κ1) is 7.48. The third kappa shape index (κ3) is 0.878. The molecule has 0 fully saturated rings. The van der Waals surface area contributed by atoms with Crippen LogP contribution in [0.3, 0.4) is 0 Å². The normalized spacial score (nSPS) is 10.8. The van der Waals surface area contributed by atoms with Crippen molar-refractivity contribution in [1.29, 1.82) is 0 Å². The molecule has 2 heterocycles. The maximum absolute atomic E-state index is 11.1. The number of rotatable bonds is 0. The van der Waals surface area contributed by atoms with Crippen molar-refractivity contribution in [3.8, 4) is 0 Å². The number of aromatic amines is 1. The average Bonchev–Trinajstić information content (AvgIpc) is 2.32. The number of nitrogens with zero attached hydrogens (tertiary/aromatic N) is 3. The monoisotopic (exact) mass is 228 g/mol. The number of hydrogen-bond donors (Lipinski definition) is 1. The molecular formula is C6H5BrN4O. The lowest BCUT2D eigenvalue weighted by Gasteiger charge is -1.91. The number of aromatic nitrogens is 4. The lowest BCUT2D eigenvalue weighted by molar-refractivity contribution is 0.877. The van der Waals surface area contributed by atoms with Crippen LogP contribution in [0.4, 0.5) is 0 Å². The van der Waals surface area contributed by atoms with Crippen molar-refractivity contribution >= 4 is 27.1 Å². The molecule has 0 unspecified atom stereocenters. The Morgan fingerprint density at radius 3 is 3.00 bits per heavy atom. The zero-order chi connectivity index (χ0) is 8.72. The van der Waals surface area contributed by atoms with Crippen LogP contribution in [0.1, 0.15) is 0 Å². The number of aryl methyl sites for hydroxylation is 1. The lowest BCUT2D eigenvalue weighted by atomic mass is 10.6. The van der Waals surface area contributed by atoms with Gasteiger partial charge >= 0.3 is 5.69 Å². The van der Waals surface area contributed by atoms with Crippen molar-refractivity contribution in [2.24, 2.45) is 7.05 Å². The minimum absolute atomic E-state index is 0.189. The fourth-order valence-electron chi connectivity index (χ4n) is 1.00. The van der Waals surface area contributed by atoms with Crippen molar-refractivity contribution in [2.75, 3.05) is 0 Å². The molecule has 0 aliphatic carbocycles. The van der Waals surface area contributed by atoms with Crippen LogP contribution in [0.25, 0.3) is 11.2 Å². The third-order valence-electron chi connectivity index (χ3n) is 1.64. The van der Waals surface area contributed by atoms with Gasteiger partial charge in [-0.15, -0.1) is 0 Å². The summed E-state index contributed by atoms with van der Waals surface area (Å²) in [6, 6.07) is 0. The number of imidazole rings is 1. The minimum atomic E-state index is -0.189. The van der Waals surface area contributed by atoms with Crippen LogP contribution in [0.2, 0.25) is 0 Å². The molecule has 0 atom stereocenters. The van der Waals surface area contributed by atoms with Gasteiger partial charge in [-0.3, -0.25) is 4.57 Å². The molecular weight excluding hydrogens is 224 g/mol. The van der Waals surface area contributed by atoms with Gasteiger partial charge in [-0.25, -0.2) is 14.8 Å². The first-order valence-corrected chi connectivity index (χ1v) is 4.04. The van der Waals surface area contributed by atoms with Crippen LogP contribution in [0.5, 0.6) is 0 Å². The molecule has 0 saturated heterocycles. The third-order valence-corrected chi connectivity index (χ3v) is 2.24. The van der Waals surface area contributed by atoms with E-state index in [1.54, 1.807) is 7.05 Å². The van der Waals surface area contributed by atoms with Crippen molar-refractivity contribution in [3.63, 3.8) is 0 Å². The van der Waals surface area contributed by atoms with E-state index in [1.165, 1.54) is 10.9 Å². The van der Waals surface area contributed by atoms with Crippen LogP contribution in [0, 0.1) is 0 Å². The second kappa shape index (κ2) is 2.41. The summed E-state index contributed by atoms with van der Waals surface area (Å²) in [5.74, 6) is 0. The van der Waals surface area contributed by atoms with Gasteiger partial charge in [0, 0.05) is 7.05 Å². The first-order chi connectivity index (χ1) is 5.70. The molecule has 5 nitrogen and oxygen atoms in total. The van der Waals surface area contributed by atoms with Crippen LogP contribution in [0.15, 0.2) is 15.7 Å². The predicted octanol–water partition coefficient (Wildman–Crippen LogP) is 0.419. The fourth-order valence-corrected chi connectivity index (χ4v) is 1.37. The largest absolute Gasteiger partial charge is 0.327 e. The zero-order valence-electron chi connectivity index (χ0n) is 6.21. The molecule has 12 heavy (non-hydrogen) atoms. The van der Waals surface area contributed by atoms with Gasteiger partial charge in [0.1, 0.15) is 16.4 Å². The highest BCUT2D eigenvalue weighted by atomic mass is 79.9. The minimum Gasteiger partial charge on any atom is -0.302 e. The van der Waals surface area contributed by atoms with E-state index in [1.807, 2.05) is 0 Å². The Labute approximate surface area is 75.6 Å². The van der Waals surface area contributed by atoms with Gasteiger partial charge in [0.05, 0.1) is 0 Å². The molecule has 0 bridgehead atoms. The predicted molar refractivity (Wildman–Crippen MR) is 46.8 cm³/mol. The number of hydrogen-bond acceptors (Lipinski definition) is 3. The van der Waals surface area contributed by atoms with Crippen molar-refractivity contribution in [3.05, 3.63) is 21.4 Å². The van der Waals surface area contributed by atoms with Crippen LogP contribution in [-0.4, -0.2) is 19.5 Å². The van der Waals surface area contributed by atoms with Gasteiger partial charge in [0.25, 0.3) is 0 Å². The van der Waals surface area contributed by atoms with Gasteiger partial charge < -0.3 is 4.98 Å². The van der Waals surface area contributed by atoms with E-state index in [0.29, 0.717) is 15.8 Å². The molecule has 0 aliphatic heterocycles. The van der Waals surface area contributed by atoms with Gasteiger partial charge in [-0.1, -0.05) is 0 Å². The standard InChI is InChI=1S/C6H5BrN4O/c1-11-5-3(10-6(11)12)4(7)8-2-9-5/h2H,1H3,(H,10,12). The second-order valence-corrected chi connectivity index (χ2v) is 3.10.